The Morgan fingerprint density at radius 2 is 1.83 bits per heavy atom. The van der Waals surface area contributed by atoms with Gasteiger partial charge in [0.15, 0.2) is 0 Å². The highest BCUT2D eigenvalue weighted by Gasteiger charge is 2.36. The number of ether oxygens (including phenoxy) is 1. The number of rotatable bonds is 8. The smallest absolute Gasteiger partial charge is 0.253 e. The molecule has 3 amide bonds. The molecule has 1 fully saturated rings. The summed E-state index contributed by atoms with van der Waals surface area (Å²) in [5.74, 6) is -1.06. The summed E-state index contributed by atoms with van der Waals surface area (Å²) < 4.78 is 5.11. The normalized spacial score (nSPS) is 16.9. The van der Waals surface area contributed by atoms with Crippen molar-refractivity contribution in [3.63, 3.8) is 0 Å². The lowest BCUT2D eigenvalue weighted by atomic mass is 10.1. The van der Waals surface area contributed by atoms with Crippen LogP contribution in [0.4, 0.5) is 5.69 Å². The Morgan fingerprint density at radius 1 is 1.13 bits per heavy atom. The molecule has 7 heteroatoms. The molecule has 0 radical (unpaired) electrons. The van der Waals surface area contributed by atoms with Crippen LogP contribution in [0, 0.1) is 5.92 Å². The largest absolute Gasteiger partial charge is 0.383 e. The fraction of sp³-hybridized carbons (Fsp3) is 0.348. The molecule has 7 nitrogen and oxygen atoms in total. The van der Waals surface area contributed by atoms with Gasteiger partial charge in [-0.1, -0.05) is 42.5 Å². The van der Waals surface area contributed by atoms with E-state index in [0.717, 1.165) is 5.56 Å². The molecule has 0 spiro atoms. The van der Waals surface area contributed by atoms with Crippen molar-refractivity contribution >= 4 is 23.4 Å². The van der Waals surface area contributed by atoms with E-state index in [1.165, 1.54) is 0 Å². The third-order valence-electron chi connectivity index (χ3n) is 5.19. The van der Waals surface area contributed by atoms with Gasteiger partial charge in [0.2, 0.25) is 11.8 Å². The Morgan fingerprint density at radius 3 is 2.57 bits per heavy atom. The monoisotopic (exact) mass is 409 g/mol. The molecule has 0 aromatic heterocycles. The first-order chi connectivity index (χ1) is 14.5. The van der Waals surface area contributed by atoms with E-state index < -0.39 is 5.92 Å². The highest BCUT2D eigenvalue weighted by atomic mass is 16.5. The first-order valence-corrected chi connectivity index (χ1v) is 10.00. The summed E-state index contributed by atoms with van der Waals surface area (Å²) in [6, 6.07) is 16.4. The van der Waals surface area contributed by atoms with Crippen LogP contribution in [0.3, 0.4) is 0 Å². The standard InChI is InChI=1S/C23H27N3O4/c1-16(15-30-2)26-14-18(12-21(26)27)22(28)25-20-11-7-6-10-19(20)23(29)24-13-17-8-4-3-5-9-17/h3-11,16,18H,12-15H2,1-2H3,(H,24,29)(H,25,28)/t16-,18-/m1/s1. The van der Waals surface area contributed by atoms with Gasteiger partial charge in [0.05, 0.1) is 29.8 Å². The van der Waals surface area contributed by atoms with E-state index in [9.17, 15) is 14.4 Å². The van der Waals surface area contributed by atoms with E-state index in [1.807, 2.05) is 37.3 Å². The number of hydrogen-bond acceptors (Lipinski definition) is 4. The summed E-state index contributed by atoms with van der Waals surface area (Å²) in [6.07, 6.45) is 0.155. The Bertz CT molecular complexity index is 900. The first kappa shape index (κ1) is 21.5. The topological polar surface area (TPSA) is 87.7 Å². The molecule has 2 aromatic rings. The molecule has 30 heavy (non-hydrogen) atoms. The number of nitrogens with one attached hydrogen (secondary N) is 2. The van der Waals surface area contributed by atoms with Crippen molar-refractivity contribution in [2.45, 2.75) is 25.9 Å². The molecule has 0 aliphatic carbocycles. The molecule has 1 saturated heterocycles. The maximum atomic E-state index is 12.8. The molecular weight excluding hydrogens is 382 g/mol. The molecule has 1 heterocycles. The second-order valence-corrected chi connectivity index (χ2v) is 7.45. The van der Waals surface area contributed by atoms with Gasteiger partial charge in [-0.3, -0.25) is 14.4 Å². The number of likely N-dealkylation sites (tertiary alicyclic amines) is 1. The van der Waals surface area contributed by atoms with Crippen LogP contribution < -0.4 is 10.6 Å². The molecule has 2 N–H and O–H groups in total. The number of benzene rings is 2. The Hall–Kier alpha value is -3.19. The van der Waals surface area contributed by atoms with Crippen molar-refractivity contribution in [3.05, 3.63) is 65.7 Å². The van der Waals surface area contributed by atoms with Crippen molar-refractivity contribution in [2.75, 3.05) is 25.6 Å². The molecular formula is C23H27N3O4. The van der Waals surface area contributed by atoms with Crippen LogP contribution in [-0.2, 0) is 20.9 Å². The highest BCUT2D eigenvalue weighted by molar-refractivity contribution is 6.05. The molecule has 1 aliphatic rings. The molecule has 2 aromatic carbocycles. The number of methoxy groups -OCH3 is 1. The SMILES string of the molecule is COC[C@@H](C)N1C[C@H](C(=O)Nc2ccccc2C(=O)NCc2ccccc2)CC1=O. The van der Waals surface area contributed by atoms with Crippen molar-refractivity contribution in [2.24, 2.45) is 5.92 Å². The van der Waals surface area contributed by atoms with Gasteiger partial charge in [0.1, 0.15) is 0 Å². The zero-order chi connectivity index (χ0) is 21.5. The van der Waals surface area contributed by atoms with Crippen LogP contribution in [0.1, 0.15) is 29.3 Å². The van der Waals surface area contributed by atoms with Gasteiger partial charge in [-0.25, -0.2) is 0 Å². The summed E-state index contributed by atoms with van der Waals surface area (Å²) in [5.41, 5.74) is 1.81. The van der Waals surface area contributed by atoms with Crippen LogP contribution >= 0.6 is 0 Å². The van der Waals surface area contributed by atoms with E-state index in [2.05, 4.69) is 10.6 Å². The number of carbonyl (C=O) groups excluding carboxylic acids is 3. The minimum absolute atomic E-state index is 0.0615. The van der Waals surface area contributed by atoms with Crippen LogP contribution in [0.5, 0.6) is 0 Å². The van der Waals surface area contributed by atoms with Gasteiger partial charge in [-0.05, 0) is 24.6 Å². The van der Waals surface area contributed by atoms with Crippen molar-refractivity contribution in [3.8, 4) is 0 Å². The maximum absolute atomic E-state index is 12.8. The molecule has 2 atom stereocenters. The van der Waals surface area contributed by atoms with Gasteiger partial charge in [-0.15, -0.1) is 0 Å². The lowest BCUT2D eigenvalue weighted by Gasteiger charge is -2.24. The number of hydrogen-bond donors (Lipinski definition) is 2. The second-order valence-electron chi connectivity index (χ2n) is 7.45. The van der Waals surface area contributed by atoms with Crippen LogP contribution in [0.25, 0.3) is 0 Å². The Labute approximate surface area is 176 Å². The number of carbonyl (C=O) groups is 3. The van der Waals surface area contributed by atoms with Gasteiger partial charge < -0.3 is 20.3 Å². The number of amides is 3. The summed E-state index contributed by atoms with van der Waals surface area (Å²) in [7, 11) is 1.58. The van der Waals surface area contributed by atoms with Crippen molar-refractivity contribution in [1.29, 1.82) is 0 Å². The van der Waals surface area contributed by atoms with E-state index in [0.29, 0.717) is 30.9 Å². The maximum Gasteiger partial charge on any atom is 0.253 e. The number of para-hydroxylation sites is 1. The van der Waals surface area contributed by atoms with E-state index >= 15 is 0 Å². The Balaban J connectivity index is 1.64. The average molecular weight is 409 g/mol. The Kier molecular flexibility index (Phi) is 7.19. The third kappa shape index (κ3) is 5.24. The third-order valence-corrected chi connectivity index (χ3v) is 5.19. The zero-order valence-corrected chi connectivity index (χ0v) is 17.3. The van der Waals surface area contributed by atoms with Crippen LogP contribution in [-0.4, -0.2) is 48.9 Å². The minimum atomic E-state index is -0.461. The first-order valence-electron chi connectivity index (χ1n) is 10.00. The molecule has 0 saturated carbocycles. The van der Waals surface area contributed by atoms with Crippen molar-refractivity contribution < 1.29 is 19.1 Å². The number of nitrogens with zero attached hydrogens (tertiary/aromatic N) is 1. The van der Waals surface area contributed by atoms with Gasteiger partial charge >= 0.3 is 0 Å². The minimum Gasteiger partial charge on any atom is -0.383 e. The molecule has 3 rings (SSSR count). The van der Waals surface area contributed by atoms with Crippen LogP contribution in [0.2, 0.25) is 0 Å². The number of anilines is 1. The molecule has 158 valence electrons. The zero-order valence-electron chi connectivity index (χ0n) is 17.3. The van der Waals surface area contributed by atoms with E-state index in [1.54, 1.807) is 36.3 Å². The predicted molar refractivity (Wildman–Crippen MR) is 114 cm³/mol. The lowest BCUT2D eigenvalue weighted by Crippen LogP contribution is -2.38. The summed E-state index contributed by atoms with van der Waals surface area (Å²) in [6.45, 7) is 3.06. The van der Waals surface area contributed by atoms with E-state index in [4.69, 9.17) is 4.74 Å². The molecule has 1 aliphatic heterocycles. The summed E-state index contributed by atoms with van der Waals surface area (Å²) in [5, 5.41) is 5.71. The van der Waals surface area contributed by atoms with Gasteiger partial charge in [0.25, 0.3) is 5.91 Å². The summed E-state index contributed by atoms with van der Waals surface area (Å²) >= 11 is 0. The fourth-order valence-corrected chi connectivity index (χ4v) is 3.56. The average Bonchev–Trinajstić information content (AvgIpc) is 3.15. The molecule has 0 unspecified atom stereocenters. The fourth-order valence-electron chi connectivity index (χ4n) is 3.56. The predicted octanol–water partition coefficient (Wildman–Crippen LogP) is 2.44. The summed E-state index contributed by atoms with van der Waals surface area (Å²) in [4.78, 5) is 39.4. The van der Waals surface area contributed by atoms with Crippen molar-refractivity contribution in [1.82, 2.24) is 10.2 Å². The quantitative estimate of drug-likeness (QED) is 0.701. The van der Waals surface area contributed by atoms with Gasteiger partial charge in [-0.2, -0.15) is 0 Å². The second kappa shape index (κ2) is 10.0. The van der Waals surface area contributed by atoms with E-state index in [-0.39, 0.29) is 30.2 Å². The van der Waals surface area contributed by atoms with Gasteiger partial charge in [0, 0.05) is 26.6 Å². The lowest BCUT2D eigenvalue weighted by molar-refractivity contribution is -0.130. The molecule has 0 bridgehead atoms. The van der Waals surface area contributed by atoms with Crippen LogP contribution in [0.15, 0.2) is 54.6 Å². The highest BCUT2D eigenvalue weighted by Crippen LogP contribution is 2.23.